The van der Waals surface area contributed by atoms with Crippen LogP contribution < -0.4 is 16.0 Å². The lowest BCUT2D eigenvalue weighted by Crippen LogP contribution is -2.41. The number of thioether (sulfide) groups is 1. The third-order valence-electron chi connectivity index (χ3n) is 6.12. The molecule has 3 N–H and O–H groups in total. The lowest BCUT2D eigenvalue weighted by Gasteiger charge is -2.28. The van der Waals surface area contributed by atoms with Gasteiger partial charge in [0.25, 0.3) is 0 Å². The number of thiazole rings is 2. The number of hydrogen-bond acceptors (Lipinski definition) is 14. The Kier molecular flexibility index (Phi) is 11.4. The molecule has 0 aliphatic carbocycles. The Morgan fingerprint density at radius 3 is 1.75 bits per heavy atom. The highest BCUT2D eigenvalue weighted by Gasteiger charge is 2.24. The second-order valence-corrected chi connectivity index (χ2v) is 16.5. The van der Waals surface area contributed by atoms with Crippen LogP contribution in [0.4, 0.5) is 11.4 Å². The summed E-state index contributed by atoms with van der Waals surface area (Å²) in [6, 6.07) is 14.6. The average molecular weight is 690 g/mol. The first-order valence-corrected chi connectivity index (χ1v) is 19.6. The largest absolute Gasteiger partial charge is 0.365 e. The third-order valence-corrected chi connectivity index (χ3v) is 10.6. The van der Waals surface area contributed by atoms with Gasteiger partial charge in [-0.1, -0.05) is 6.92 Å². The van der Waals surface area contributed by atoms with E-state index < -0.39 is 19.7 Å². The number of hydrogen-bond donors (Lipinski definition) is 3. The number of nitriles is 2. The van der Waals surface area contributed by atoms with E-state index in [-0.39, 0.29) is 21.2 Å². The van der Waals surface area contributed by atoms with Crippen LogP contribution in [0.25, 0.3) is 20.4 Å². The van der Waals surface area contributed by atoms with E-state index in [1.807, 2.05) is 45.0 Å². The number of nitrogens with zero attached hydrogens (tertiary/aromatic N) is 4. The summed E-state index contributed by atoms with van der Waals surface area (Å²) in [6.07, 6.45) is 4.53. The van der Waals surface area contributed by atoms with Gasteiger partial charge in [-0.2, -0.15) is 10.5 Å². The number of sulfone groups is 2. The van der Waals surface area contributed by atoms with Gasteiger partial charge in [0.05, 0.1) is 31.5 Å². The summed E-state index contributed by atoms with van der Waals surface area (Å²) in [4.78, 5) is 7.83. The number of fused-ring (bicyclic) bond motifs is 2. The molecule has 2 aromatic carbocycles. The molecule has 44 heavy (non-hydrogen) atoms. The molecule has 0 atom stereocenters. The summed E-state index contributed by atoms with van der Waals surface area (Å²) in [5.41, 5.74) is 6.31. The molecule has 0 saturated carbocycles. The number of benzene rings is 2. The van der Waals surface area contributed by atoms with Crippen LogP contribution in [0.5, 0.6) is 0 Å². The van der Waals surface area contributed by atoms with Crippen LogP contribution in [0.3, 0.4) is 0 Å². The molecule has 16 heteroatoms. The summed E-state index contributed by atoms with van der Waals surface area (Å²) in [5, 5.41) is 27.9. The van der Waals surface area contributed by atoms with Crippen molar-refractivity contribution in [1.82, 2.24) is 15.3 Å². The molecular weight excluding hydrogens is 659 g/mol. The summed E-state index contributed by atoms with van der Waals surface area (Å²) >= 11 is 4.18. The maximum Gasteiger partial charge on any atom is 0.189 e. The van der Waals surface area contributed by atoms with E-state index in [1.165, 1.54) is 34.4 Å². The van der Waals surface area contributed by atoms with Crippen LogP contribution in [-0.2, 0) is 19.7 Å². The van der Waals surface area contributed by atoms with Gasteiger partial charge in [-0.15, -0.1) is 34.4 Å². The topological polar surface area (TPSA) is 178 Å². The van der Waals surface area contributed by atoms with Crippen molar-refractivity contribution in [3.05, 3.63) is 68.1 Å². The number of anilines is 2. The van der Waals surface area contributed by atoms with E-state index in [0.717, 1.165) is 45.1 Å². The van der Waals surface area contributed by atoms with Crippen molar-refractivity contribution in [2.45, 2.75) is 32.7 Å². The molecule has 0 spiro atoms. The Labute approximate surface area is 269 Å². The van der Waals surface area contributed by atoms with Gasteiger partial charge in [0.2, 0.25) is 0 Å². The van der Waals surface area contributed by atoms with Crippen LogP contribution in [-0.4, -0.2) is 51.1 Å². The fourth-order valence-electron chi connectivity index (χ4n) is 3.54. The van der Waals surface area contributed by atoms with Crippen molar-refractivity contribution in [2.75, 3.05) is 29.4 Å². The van der Waals surface area contributed by atoms with Crippen LogP contribution in [0.15, 0.2) is 68.1 Å². The Morgan fingerprint density at radius 1 is 0.864 bits per heavy atom. The zero-order chi connectivity index (χ0) is 32.7. The lowest BCUT2D eigenvalue weighted by atomic mass is 10.0. The summed E-state index contributed by atoms with van der Waals surface area (Å²) in [7, 11) is -7.22. The fraction of sp³-hybridized carbons (Fsp3) is 0.286. The minimum atomic E-state index is -3.66. The highest BCUT2D eigenvalue weighted by Crippen LogP contribution is 2.27. The molecule has 0 aliphatic heterocycles. The van der Waals surface area contributed by atoms with Gasteiger partial charge in [0, 0.05) is 29.4 Å². The molecule has 2 heterocycles. The quantitative estimate of drug-likeness (QED) is 0.165. The number of nitrogens with one attached hydrogen (secondary N) is 3. The number of rotatable bonds is 10. The van der Waals surface area contributed by atoms with Gasteiger partial charge in [0.1, 0.15) is 23.0 Å². The summed E-state index contributed by atoms with van der Waals surface area (Å²) in [5.74, 6) is 0.190. The summed E-state index contributed by atoms with van der Waals surface area (Å²) < 4.78 is 49.1. The van der Waals surface area contributed by atoms with Gasteiger partial charge in [-0.25, -0.2) is 26.8 Å². The molecule has 0 aliphatic rings. The van der Waals surface area contributed by atoms with Gasteiger partial charge < -0.3 is 16.0 Å². The van der Waals surface area contributed by atoms with Gasteiger partial charge in [-0.05, 0) is 62.9 Å². The molecule has 0 bridgehead atoms. The first kappa shape index (κ1) is 34.8. The molecule has 2 aromatic heterocycles. The van der Waals surface area contributed by atoms with Crippen LogP contribution in [0.2, 0.25) is 0 Å². The van der Waals surface area contributed by atoms with E-state index in [9.17, 15) is 22.1 Å². The minimum absolute atomic E-state index is 0.190. The van der Waals surface area contributed by atoms with Crippen molar-refractivity contribution in [3.63, 3.8) is 0 Å². The van der Waals surface area contributed by atoms with Crippen molar-refractivity contribution < 1.29 is 16.8 Å². The Morgan fingerprint density at radius 2 is 1.34 bits per heavy atom. The highest BCUT2D eigenvalue weighted by atomic mass is 32.2. The van der Waals surface area contributed by atoms with E-state index in [1.54, 1.807) is 41.5 Å². The molecule has 0 amide bonds. The first-order valence-electron chi connectivity index (χ1n) is 12.8. The minimum Gasteiger partial charge on any atom is -0.365 e. The smallest absolute Gasteiger partial charge is 0.189 e. The normalized spacial score (nSPS) is 13.1. The lowest BCUT2D eigenvalue weighted by molar-refractivity contribution is 0.415. The highest BCUT2D eigenvalue weighted by molar-refractivity contribution is 8.04. The molecule has 0 fully saturated rings. The van der Waals surface area contributed by atoms with E-state index in [4.69, 9.17) is 5.26 Å². The molecule has 0 unspecified atom stereocenters. The average Bonchev–Trinajstić information content (AvgIpc) is 3.61. The van der Waals surface area contributed by atoms with Crippen LogP contribution in [0.1, 0.15) is 27.2 Å². The molecule has 4 aromatic rings. The van der Waals surface area contributed by atoms with Crippen molar-refractivity contribution in [3.8, 4) is 12.1 Å². The molecule has 0 radical (unpaired) electrons. The van der Waals surface area contributed by atoms with Gasteiger partial charge >= 0.3 is 0 Å². The second kappa shape index (κ2) is 14.4. The molecular formula is C28H31N7O4S5. The monoisotopic (exact) mass is 689 g/mol. The van der Waals surface area contributed by atoms with E-state index in [0.29, 0.717) is 10.7 Å². The Bertz CT molecular complexity index is 2030. The Hall–Kier alpha value is -3.67. The van der Waals surface area contributed by atoms with Crippen molar-refractivity contribution in [2.24, 2.45) is 0 Å². The third kappa shape index (κ3) is 9.17. The molecule has 4 rings (SSSR count). The number of allylic oxidation sites excluding steroid dienone is 2. The molecule has 0 saturated heterocycles. The SMILES string of the molecule is CCC(C)(C)NC(Nc1ccc2ncsc2c1)=C(C#N)S(C)(=O)=O.CSC(Nc1ccc2ncsc2c1)=C(C#N)S(C)(=O)=O. The number of aromatic nitrogens is 2. The maximum atomic E-state index is 12.0. The zero-order valence-corrected chi connectivity index (χ0v) is 28.9. The molecule has 11 nitrogen and oxygen atoms in total. The zero-order valence-electron chi connectivity index (χ0n) is 24.8. The van der Waals surface area contributed by atoms with E-state index in [2.05, 4.69) is 25.9 Å². The first-order chi connectivity index (χ1) is 20.6. The van der Waals surface area contributed by atoms with Crippen LogP contribution >= 0.6 is 34.4 Å². The van der Waals surface area contributed by atoms with Gasteiger partial charge in [0.15, 0.2) is 29.5 Å². The van der Waals surface area contributed by atoms with Crippen molar-refractivity contribution in [1.29, 1.82) is 10.5 Å². The van der Waals surface area contributed by atoms with Gasteiger partial charge in [-0.3, -0.25) is 0 Å². The Balaban J connectivity index is 0.000000244. The summed E-state index contributed by atoms with van der Waals surface area (Å²) in [6.45, 7) is 5.87. The molecule has 232 valence electrons. The predicted octanol–water partition coefficient (Wildman–Crippen LogP) is 6.03. The predicted molar refractivity (Wildman–Crippen MR) is 182 cm³/mol. The van der Waals surface area contributed by atoms with Crippen LogP contribution in [0, 0.1) is 22.7 Å². The standard InChI is InChI=1S/C16H20N4O2S2.C12H11N3O2S3/c1-5-16(2,3)20-15(14(9-17)24(4,21)22)19-11-6-7-12-13(8-11)23-10-18-12;1-18-12(11(6-13)20(2,16)17)15-8-3-4-9-10(5-8)19-7-14-9/h6-8,10,19-20H,5H2,1-4H3;3-5,7,15H,1-2H3. The second-order valence-electron chi connectivity index (χ2n) is 10.0. The fourth-order valence-corrected chi connectivity index (χ4v) is 7.32. The van der Waals surface area contributed by atoms with E-state index >= 15 is 0 Å². The maximum absolute atomic E-state index is 12.0. The van der Waals surface area contributed by atoms with Crippen molar-refractivity contribution >= 4 is 85.9 Å².